The van der Waals surface area contributed by atoms with Gasteiger partial charge < -0.3 is 24.8 Å². The van der Waals surface area contributed by atoms with Crippen molar-refractivity contribution in [3.8, 4) is 0 Å². The van der Waals surface area contributed by atoms with Crippen LogP contribution in [-0.2, 0) is 21.4 Å². The number of carbonyl (C=O) groups is 2. The molecule has 1 aromatic heterocycles. The molecular formula is C17H28IN7O3. The first-order chi connectivity index (χ1) is 13.1. The number of nitrogens with one attached hydrogen (secondary N) is 1. The molecule has 10 nitrogen and oxygen atoms in total. The lowest BCUT2D eigenvalue weighted by atomic mass is 10.3. The Balaban J connectivity index is 0.00000280. The molecule has 1 N–H and O–H groups in total. The van der Waals surface area contributed by atoms with Gasteiger partial charge >= 0.3 is 0 Å². The summed E-state index contributed by atoms with van der Waals surface area (Å²) in [5, 5.41) is 7.32. The highest BCUT2D eigenvalue weighted by molar-refractivity contribution is 14.0. The molecule has 3 rings (SSSR count). The van der Waals surface area contributed by atoms with Gasteiger partial charge in [0.2, 0.25) is 11.8 Å². The number of halogens is 1. The van der Waals surface area contributed by atoms with Crippen LogP contribution < -0.4 is 10.2 Å². The molecule has 3 heterocycles. The van der Waals surface area contributed by atoms with Gasteiger partial charge in [0, 0.05) is 59.4 Å². The van der Waals surface area contributed by atoms with Gasteiger partial charge in [-0.05, 0) is 0 Å². The number of rotatable bonds is 4. The lowest BCUT2D eigenvalue weighted by Gasteiger charge is -2.35. The lowest BCUT2D eigenvalue weighted by Crippen LogP contribution is -2.55. The van der Waals surface area contributed by atoms with Crippen molar-refractivity contribution in [1.29, 1.82) is 0 Å². The second-order valence-corrected chi connectivity index (χ2v) is 6.56. The number of aliphatic imine (C=N–C) groups is 1. The Hall–Kier alpha value is -1.89. The quantitative estimate of drug-likeness (QED) is 0.337. The van der Waals surface area contributed by atoms with Crippen LogP contribution in [0.5, 0.6) is 0 Å². The molecule has 2 aliphatic heterocycles. The Morgan fingerprint density at radius 3 is 2.61 bits per heavy atom. The predicted octanol–water partition coefficient (Wildman–Crippen LogP) is -0.489. The lowest BCUT2D eigenvalue weighted by molar-refractivity contribution is -0.135. The van der Waals surface area contributed by atoms with Crippen molar-refractivity contribution in [2.24, 2.45) is 12.0 Å². The standard InChI is InChI=1S/C17H27N7O3.HI/c1-18-17(19-4-3-15(25)22-7-9-27-10-8-22)23-5-6-24(16(26)13-23)14-11-20-21(2)12-14;/h11-12H,3-10,13H2,1-2H3,(H,18,19);1H. The number of carbonyl (C=O) groups excluding carboxylic acids is 2. The highest BCUT2D eigenvalue weighted by atomic mass is 127. The molecule has 0 aromatic carbocycles. The van der Waals surface area contributed by atoms with Crippen molar-refractivity contribution < 1.29 is 14.3 Å². The maximum Gasteiger partial charge on any atom is 0.246 e. The summed E-state index contributed by atoms with van der Waals surface area (Å²) < 4.78 is 6.95. The number of amides is 2. The number of hydrogen-bond donors (Lipinski definition) is 1. The summed E-state index contributed by atoms with van der Waals surface area (Å²) in [5.74, 6) is 0.754. The average molecular weight is 505 g/mol. The largest absolute Gasteiger partial charge is 0.378 e. The minimum absolute atomic E-state index is 0. The van der Waals surface area contributed by atoms with Crippen LogP contribution in [0.25, 0.3) is 0 Å². The Bertz CT molecular complexity index is 703. The van der Waals surface area contributed by atoms with Crippen molar-refractivity contribution in [3.63, 3.8) is 0 Å². The molecule has 0 unspecified atom stereocenters. The molecule has 2 aliphatic rings. The van der Waals surface area contributed by atoms with Gasteiger partial charge in [-0.3, -0.25) is 19.3 Å². The van der Waals surface area contributed by atoms with E-state index in [4.69, 9.17) is 4.74 Å². The van der Waals surface area contributed by atoms with Crippen LogP contribution in [0.2, 0.25) is 0 Å². The second kappa shape index (κ2) is 10.6. The number of hydrogen-bond acceptors (Lipinski definition) is 5. The smallest absolute Gasteiger partial charge is 0.246 e. The van der Waals surface area contributed by atoms with Crippen molar-refractivity contribution >= 4 is 47.4 Å². The van der Waals surface area contributed by atoms with Gasteiger partial charge in [-0.1, -0.05) is 0 Å². The van der Waals surface area contributed by atoms with E-state index in [9.17, 15) is 9.59 Å². The minimum Gasteiger partial charge on any atom is -0.378 e. The summed E-state index contributed by atoms with van der Waals surface area (Å²) in [6, 6.07) is 0. The molecule has 0 radical (unpaired) electrons. The first-order valence-corrected chi connectivity index (χ1v) is 9.18. The number of aromatic nitrogens is 2. The first kappa shape index (κ1) is 22.4. The third kappa shape index (κ3) is 5.56. The zero-order valence-electron chi connectivity index (χ0n) is 16.3. The van der Waals surface area contributed by atoms with Crippen LogP contribution in [-0.4, -0.2) is 96.9 Å². The minimum atomic E-state index is 0. The predicted molar refractivity (Wildman–Crippen MR) is 116 cm³/mol. The molecule has 2 saturated heterocycles. The van der Waals surface area contributed by atoms with Gasteiger partial charge in [-0.15, -0.1) is 24.0 Å². The van der Waals surface area contributed by atoms with Gasteiger partial charge in [-0.25, -0.2) is 0 Å². The van der Waals surface area contributed by atoms with Crippen LogP contribution in [0.4, 0.5) is 5.69 Å². The van der Waals surface area contributed by atoms with Crippen LogP contribution >= 0.6 is 24.0 Å². The van der Waals surface area contributed by atoms with E-state index in [1.807, 2.05) is 23.0 Å². The summed E-state index contributed by atoms with van der Waals surface area (Å²) >= 11 is 0. The summed E-state index contributed by atoms with van der Waals surface area (Å²) in [6.07, 6.45) is 3.92. The van der Waals surface area contributed by atoms with Crippen molar-refractivity contribution in [1.82, 2.24) is 24.9 Å². The average Bonchev–Trinajstić information content (AvgIpc) is 3.11. The van der Waals surface area contributed by atoms with E-state index in [1.165, 1.54) is 0 Å². The molecular weight excluding hydrogens is 477 g/mol. The van der Waals surface area contributed by atoms with E-state index < -0.39 is 0 Å². The topological polar surface area (TPSA) is 95.3 Å². The van der Waals surface area contributed by atoms with Crippen molar-refractivity contribution in [2.45, 2.75) is 6.42 Å². The maximum absolute atomic E-state index is 12.5. The number of nitrogens with zero attached hydrogens (tertiary/aromatic N) is 6. The molecule has 0 aliphatic carbocycles. The van der Waals surface area contributed by atoms with E-state index in [1.54, 1.807) is 22.8 Å². The maximum atomic E-state index is 12.5. The van der Waals surface area contributed by atoms with Crippen molar-refractivity contribution in [3.05, 3.63) is 12.4 Å². The number of piperazine rings is 1. The molecule has 2 amide bonds. The fourth-order valence-electron chi connectivity index (χ4n) is 3.26. The Morgan fingerprint density at radius 1 is 1.25 bits per heavy atom. The van der Waals surface area contributed by atoms with E-state index in [0.717, 1.165) is 5.69 Å². The molecule has 28 heavy (non-hydrogen) atoms. The monoisotopic (exact) mass is 505 g/mol. The van der Waals surface area contributed by atoms with Gasteiger partial charge in [-0.2, -0.15) is 5.10 Å². The van der Waals surface area contributed by atoms with E-state index in [2.05, 4.69) is 15.4 Å². The summed E-state index contributed by atoms with van der Waals surface area (Å²) in [5.41, 5.74) is 0.807. The molecule has 0 atom stereocenters. The number of ether oxygens (including phenoxy) is 1. The van der Waals surface area contributed by atoms with Crippen LogP contribution in [0.3, 0.4) is 0 Å². The molecule has 1 aromatic rings. The molecule has 0 bridgehead atoms. The number of guanidine groups is 1. The van der Waals surface area contributed by atoms with E-state index >= 15 is 0 Å². The fraction of sp³-hybridized carbons (Fsp3) is 0.647. The van der Waals surface area contributed by atoms with Crippen LogP contribution in [0, 0.1) is 0 Å². The van der Waals surface area contributed by atoms with Gasteiger partial charge in [0.05, 0.1) is 25.1 Å². The highest BCUT2D eigenvalue weighted by Crippen LogP contribution is 2.16. The van der Waals surface area contributed by atoms with Crippen molar-refractivity contribution in [2.75, 3.05) is 64.4 Å². The zero-order valence-corrected chi connectivity index (χ0v) is 18.7. The first-order valence-electron chi connectivity index (χ1n) is 9.18. The van der Waals surface area contributed by atoms with Crippen LogP contribution in [0.1, 0.15) is 6.42 Å². The summed E-state index contributed by atoms with van der Waals surface area (Å²) in [7, 11) is 3.51. The zero-order chi connectivity index (χ0) is 19.2. The Morgan fingerprint density at radius 2 is 2.00 bits per heavy atom. The van der Waals surface area contributed by atoms with Gasteiger partial charge in [0.1, 0.15) is 6.54 Å². The Labute approximate surface area is 181 Å². The number of anilines is 1. The molecule has 0 spiro atoms. The third-order valence-electron chi connectivity index (χ3n) is 4.72. The molecule has 2 fully saturated rings. The molecule has 156 valence electrons. The summed E-state index contributed by atoms with van der Waals surface area (Å²) in [4.78, 5) is 34.4. The second-order valence-electron chi connectivity index (χ2n) is 6.56. The molecule has 0 saturated carbocycles. The normalized spacial score (nSPS) is 18.1. The van der Waals surface area contributed by atoms with E-state index in [-0.39, 0.29) is 42.3 Å². The third-order valence-corrected chi connectivity index (χ3v) is 4.72. The number of aryl methyl sites for hydroxylation is 1. The van der Waals surface area contributed by atoms with Crippen LogP contribution in [0.15, 0.2) is 17.4 Å². The SMILES string of the molecule is CN=C(NCCC(=O)N1CCOCC1)N1CCN(c2cnn(C)c2)C(=O)C1.I. The highest BCUT2D eigenvalue weighted by Gasteiger charge is 2.27. The van der Waals surface area contributed by atoms with E-state index in [0.29, 0.717) is 58.3 Å². The summed E-state index contributed by atoms with van der Waals surface area (Å²) in [6.45, 7) is 4.46. The fourth-order valence-corrected chi connectivity index (χ4v) is 3.26. The molecule has 11 heteroatoms. The van der Waals surface area contributed by atoms with Gasteiger partial charge in [0.25, 0.3) is 0 Å². The Kier molecular flexibility index (Phi) is 8.48. The van der Waals surface area contributed by atoms with Gasteiger partial charge in [0.15, 0.2) is 5.96 Å². The number of morpholine rings is 1.